The third kappa shape index (κ3) is 4.76. The molecule has 0 aromatic heterocycles. The molecule has 0 radical (unpaired) electrons. The molecule has 1 aliphatic rings. The molecule has 2 atom stereocenters. The number of hydrogen-bond donors (Lipinski definition) is 2. The first kappa shape index (κ1) is 19.6. The fourth-order valence-electron chi connectivity index (χ4n) is 3.45. The second-order valence-corrected chi connectivity index (χ2v) is 9.57. The van der Waals surface area contributed by atoms with E-state index < -0.39 is 15.3 Å². The molecule has 2 N–H and O–H groups in total. The third-order valence-corrected chi connectivity index (χ3v) is 6.96. The molecule has 3 rings (SSSR count). The van der Waals surface area contributed by atoms with Crippen LogP contribution in [0.25, 0.3) is 0 Å². The molecule has 6 heteroatoms. The fraction of sp³-hybridized carbons (Fsp3) is 0.381. The number of sulfonamides is 1. The number of hydrogen-bond acceptors (Lipinski definition) is 3. The summed E-state index contributed by atoms with van der Waals surface area (Å²) in [4.78, 5) is 12.2. The molecule has 0 saturated heterocycles. The number of carbonyl (C=O) groups excluding carboxylic acids is 1. The standard InChI is InChI=1S/C21H26N2O3S/c1-15(2)27(25,26)23-20-10-6-9-19(20)16-11-13-18(14-12-16)22-21(24)17-7-4-3-5-8-17/h3-5,7-8,11-15,19-20,23H,6,9-10H2,1-2H3,(H,22,24). The lowest BCUT2D eigenvalue weighted by atomic mass is 9.94. The smallest absolute Gasteiger partial charge is 0.255 e. The Labute approximate surface area is 161 Å². The van der Waals surface area contributed by atoms with Crippen LogP contribution in [0.15, 0.2) is 54.6 Å². The Balaban J connectivity index is 1.68. The average molecular weight is 387 g/mol. The van der Waals surface area contributed by atoms with Crippen LogP contribution < -0.4 is 10.0 Å². The van der Waals surface area contributed by atoms with Crippen molar-refractivity contribution in [3.05, 3.63) is 65.7 Å². The van der Waals surface area contributed by atoms with Crippen LogP contribution in [-0.4, -0.2) is 25.6 Å². The highest BCUT2D eigenvalue weighted by atomic mass is 32.2. The summed E-state index contributed by atoms with van der Waals surface area (Å²) in [5.41, 5.74) is 2.44. The number of nitrogens with one attached hydrogen (secondary N) is 2. The maximum atomic E-state index is 12.2. The molecule has 1 amide bonds. The zero-order valence-corrected chi connectivity index (χ0v) is 16.5. The zero-order valence-electron chi connectivity index (χ0n) is 15.7. The van der Waals surface area contributed by atoms with Gasteiger partial charge in [0.25, 0.3) is 5.91 Å². The van der Waals surface area contributed by atoms with Gasteiger partial charge in [-0.15, -0.1) is 0 Å². The lowest BCUT2D eigenvalue weighted by Crippen LogP contribution is -2.40. The van der Waals surface area contributed by atoms with Crippen molar-refractivity contribution < 1.29 is 13.2 Å². The minimum absolute atomic E-state index is 0.0674. The van der Waals surface area contributed by atoms with Gasteiger partial charge in [0.15, 0.2) is 0 Å². The second kappa shape index (κ2) is 8.23. The number of rotatable bonds is 6. The van der Waals surface area contributed by atoms with E-state index in [1.807, 2.05) is 42.5 Å². The van der Waals surface area contributed by atoms with Crippen molar-refractivity contribution >= 4 is 21.6 Å². The Bertz CT molecular complexity index is 877. The van der Waals surface area contributed by atoms with Crippen molar-refractivity contribution in [3.8, 4) is 0 Å². The van der Waals surface area contributed by atoms with E-state index in [0.717, 1.165) is 30.5 Å². The molecule has 1 fully saturated rings. The zero-order chi connectivity index (χ0) is 19.4. The van der Waals surface area contributed by atoms with E-state index in [0.29, 0.717) is 5.56 Å². The SMILES string of the molecule is CC(C)S(=O)(=O)NC1CCCC1c1ccc(NC(=O)c2ccccc2)cc1. The van der Waals surface area contributed by atoms with Gasteiger partial charge in [0.05, 0.1) is 5.25 Å². The monoisotopic (exact) mass is 386 g/mol. The van der Waals surface area contributed by atoms with Crippen LogP contribution in [0.2, 0.25) is 0 Å². The molecule has 2 aromatic carbocycles. The lowest BCUT2D eigenvalue weighted by Gasteiger charge is -2.22. The first-order valence-corrected chi connectivity index (χ1v) is 10.9. The summed E-state index contributed by atoms with van der Waals surface area (Å²) < 4.78 is 27.3. The van der Waals surface area contributed by atoms with Crippen LogP contribution >= 0.6 is 0 Å². The molecule has 0 heterocycles. The van der Waals surface area contributed by atoms with Gasteiger partial charge in [-0.1, -0.05) is 36.8 Å². The minimum Gasteiger partial charge on any atom is -0.322 e. The van der Waals surface area contributed by atoms with Crippen molar-refractivity contribution in [2.24, 2.45) is 0 Å². The molecular formula is C21H26N2O3S. The van der Waals surface area contributed by atoms with E-state index in [2.05, 4.69) is 10.0 Å². The van der Waals surface area contributed by atoms with Crippen LogP contribution in [0, 0.1) is 0 Å². The predicted molar refractivity (Wildman–Crippen MR) is 108 cm³/mol. The van der Waals surface area contributed by atoms with Gasteiger partial charge in [0, 0.05) is 23.2 Å². The summed E-state index contributed by atoms with van der Waals surface area (Å²) in [5, 5.41) is 2.45. The molecule has 5 nitrogen and oxygen atoms in total. The molecule has 0 spiro atoms. The summed E-state index contributed by atoms with van der Waals surface area (Å²) in [5.74, 6) is 0.0178. The molecule has 0 bridgehead atoms. The topological polar surface area (TPSA) is 75.3 Å². The summed E-state index contributed by atoms with van der Waals surface area (Å²) in [6, 6.07) is 16.7. The normalized spacial score (nSPS) is 20.0. The summed E-state index contributed by atoms with van der Waals surface area (Å²) >= 11 is 0. The van der Waals surface area contributed by atoms with Crippen LogP contribution in [0.1, 0.15) is 54.9 Å². The second-order valence-electron chi connectivity index (χ2n) is 7.30. The van der Waals surface area contributed by atoms with Crippen LogP contribution in [0.4, 0.5) is 5.69 Å². The first-order chi connectivity index (χ1) is 12.9. The molecule has 144 valence electrons. The van der Waals surface area contributed by atoms with Gasteiger partial charge >= 0.3 is 0 Å². The summed E-state index contributed by atoms with van der Waals surface area (Å²) in [6.07, 6.45) is 2.81. The Kier molecular flexibility index (Phi) is 5.97. The number of carbonyl (C=O) groups is 1. The maximum absolute atomic E-state index is 12.2. The Morgan fingerprint density at radius 1 is 1.00 bits per heavy atom. The molecule has 1 aliphatic carbocycles. The van der Waals surface area contributed by atoms with Crippen molar-refractivity contribution in [3.63, 3.8) is 0 Å². The first-order valence-electron chi connectivity index (χ1n) is 9.34. The number of amides is 1. The van der Waals surface area contributed by atoms with Gasteiger partial charge in [-0.2, -0.15) is 0 Å². The molecular weight excluding hydrogens is 360 g/mol. The maximum Gasteiger partial charge on any atom is 0.255 e. The average Bonchev–Trinajstić information content (AvgIpc) is 3.10. The Hall–Kier alpha value is -2.18. The highest BCUT2D eigenvalue weighted by Crippen LogP contribution is 2.35. The number of anilines is 1. The summed E-state index contributed by atoms with van der Waals surface area (Å²) in [7, 11) is -3.28. The van der Waals surface area contributed by atoms with Gasteiger partial charge in [0.2, 0.25) is 10.0 Å². The van der Waals surface area contributed by atoms with Crippen LogP contribution in [-0.2, 0) is 10.0 Å². The van der Waals surface area contributed by atoms with Crippen molar-refractivity contribution in [1.82, 2.24) is 4.72 Å². The van der Waals surface area contributed by atoms with E-state index in [1.54, 1.807) is 26.0 Å². The van der Waals surface area contributed by atoms with Gasteiger partial charge < -0.3 is 5.32 Å². The van der Waals surface area contributed by atoms with E-state index in [9.17, 15) is 13.2 Å². The van der Waals surface area contributed by atoms with E-state index >= 15 is 0 Å². The Morgan fingerprint density at radius 2 is 1.67 bits per heavy atom. The summed E-state index contributed by atoms with van der Waals surface area (Å²) in [6.45, 7) is 3.38. The van der Waals surface area contributed by atoms with Gasteiger partial charge in [-0.3, -0.25) is 4.79 Å². The fourth-order valence-corrected chi connectivity index (χ4v) is 4.43. The Morgan fingerprint density at radius 3 is 2.30 bits per heavy atom. The predicted octanol–water partition coefficient (Wildman–Crippen LogP) is 3.90. The van der Waals surface area contributed by atoms with Crippen LogP contribution in [0.3, 0.4) is 0 Å². The van der Waals surface area contributed by atoms with Gasteiger partial charge in [-0.05, 0) is 56.5 Å². The molecule has 27 heavy (non-hydrogen) atoms. The quantitative estimate of drug-likeness (QED) is 0.790. The molecule has 2 aromatic rings. The van der Waals surface area contributed by atoms with Crippen molar-refractivity contribution in [1.29, 1.82) is 0 Å². The van der Waals surface area contributed by atoms with Crippen LogP contribution in [0.5, 0.6) is 0 Å². The molecule has 1 saturated carbocycles. The van der Waals surface area contributed by atoms with E-state index in [-0.39, 0.29) is 17.9 Å². The molecule has 0 aliphatic heterocycles. The molecule has 2 unspecified atom stereocenters. The minimum atomic E-state index is -3.28. The van der Waals surface area contributed by atoms with Crippen molar-refractivity contribution in [2.75, 3.05) is 5.32 Å². The third-order valence-electron chi connectivity index (χ3n) is 5.08. The highest BCUT2D eigenvalue weighted by Gasteiger charge is 2.32. The van der Waals surface area contributed by atoms with E-state index in [1.165, 1.54) is 0 Å². The van der Waals surface area contributed by atoms with E-state index in [4.69, 9.17) is 0 Å². The van der Waals surface area contributed by atoms with Crippen molar-refractivity contribution in [2.45, 2.75) is 50.3 Å². The highest BCUT2D eigenvalue weighted by molar-refractivity contribution is 7.90. The van der Waals surface area contributed by atoms with Gasteiger partial charge in [-0.25, -0.2) is 13.1 Å². The number of benzene rings is 2. The lowest BCUT2D eigenvalue weighted by molar-refractivity contribution is 0.102. The van der Waals surface area contributed by atoms with Gasteiger partial charge in [0.1, 0.15) is 0 Å². The largest absolute Gasteiger partial charge is 0.322 e.